The Kier molecular flexibility index (Phi) is 7.45. The first-order valence-electron chi connectivity index (χ1n) is 13.4. The van der Waals surface area contributed by atoms with Gasteiger partial charge in [-0.25, -0.2) is 4.98 Å². The number of hydrogen-bond acceptors (Lipinski definition) is 9. The molecule has 1 atom stereocenters. The van der Waals surface area contributed by atoms with Gasteiger partial charge in [-0.1, -0.05) is 12.1 Å². The third-order valence-corrected chi connectivity index (χ3v) is 7.22. The van der Waals surface area contributed by atoms with Crippen LogP contribution in [0.5, 0.6) is 17.5 Å². The van der Waals surface area contributed by atoms with E-state index in [4.69, 9.17) is 14.5 Å². The van der Waals surface area contributed by atoms with Gasteiger partial charge in [-0.2, -0.15) is 0 Å². The second kappa shape index (κ2) is 11.4. The molecule has 0 radical (unpaired) electrons. The number of aryl methyl sites for hydroxylation is 1. The van der Waals surface area contributed by atoms with Gasteiger partial charge in [0.1, 0.15) is 36.2 Å². The maximum absolute atomic E-state index is 12.4. The summed E-state index contributed by atoms with van der Waals surface area (Å²) in [5.41, 5.74) is 1.76. The Morgan fingerprint density at radius 3 is 2.48 bits per heavy atom. The summed E-state index contributed by atoms with van der Waals surface area (Å²) in [4.78, 5) is 23.6. The van der Waals surface area contributed by atoms with Gasteiger partial charge < -0.3 is 29.2 Å². The van der Waals surface area contributed by atoms with Gasteiger partial charge in [-0.3, -0.25) is 9.47 Å². The summed E-state index contributed by atoms with van der Waals surface area (Å²) in [6, 6.07) is 15.9. The lowest BCUT2D eigenvalue weighted by Crippen LogP contribution is -2.46. The number of anilines is 1. The van der Waals surface area contributed by atoms with Gasteiger partial charge >= 0.3 is 18.2 Å². The summed E-state index contributed by atoms with van der Waals surface area (Å²) in [6.07, 6.45) is -2.94. The molecular formula is C28H27F3N6O5. The van der Waals surface area contributed by atoms with Crippen LogP contribution in [0, 0.1) is 10.1 Å². The molecule has 11 nitrogen and oxygen atoms in total. The number of aromatic nitrogens is 3. The number of piperazine rings is 1. The average Bonchev–Trinajstić information content (AvgIpc) is 3.41. The molecule has 0 N–H and O–H groups in total. The first-order chi connectivity index (χ1) is 20.2. The van der Waals surface area contributed by atoms with E-state index < -0.39 is 11.3 Å². The van der Waals surface area contributed by atoms with Crippen LogP contribution in [0.1, 0.15) is 12.0 Å². The number of imidazole rings is 1. The van der Waals surface area contributed by atoms with Crippen LogP contribution in [0.3, 0.4) is 0 Å². The first kappa shape index (κ1) is 27.6. The Labute approximate surface area is 238 Å². The summed E-state index contributed by atoms with van der Waals surface area (Å²) in [7, 11) is 0. The molecule has 0 bridgehead atoms. The quantitative estimate of drug-likeness (QED) is 0.213. The van der Waals surface area contributed by atoms with Crippen LogP contribution in [0.4, 0.5) is 24.8 Å². The van der Waals surface area contributed by atoms with Gasteiger partial charge in [0.2, 0.25) is 0 Å². The van der Waals surface area contributed by atoms with E-state index in [0.29, 0.717) is 25.3 Å². The number of nitro groups is 1. The fourth-order valence-corrected chi connectivity index (χ4v) is 5.07. The third kappa shape index (κ3) is 6.48. The fourth-order valence-electron chi connectivity index (χ4n) is 5.07. The Morgan fingerprint density at radius 1 is 0.976 bits per heavy atom. The Morgan fingerprint density at radius 2 is 1.74 bits per heavy atom. The van der Waals surface area contributed by atoms with Crippen molar-refractivity contribution in [2.45, 2.75) is 32.0 Å². The number of hydrogen-bond donors (Lipinski definition) is 0. The van der Waals surface area contributed by atoms with Gasteiger partial charge in [0, 0.05) is 56.1 Å². The number of halogens is 3. The zero-order chi connectivity index (χ0) is 29.3. The predicted molar refractivity (Wildman–Crippen MR) is 146 cm³/mol. The van der Waals surface area contributed by atoms with E-state index in [0.717, 1.165) is 48.5 Å². The SMILES string of the molecule is O=[N+]([O-])c1cn2c(n1)O[C@@H](COc1ccc3nc(N4CCN(Cc5ccc(OC(F)(F)F)cc5)CC4)ccc3c1)CC2. The van der Waals surface area contributed by atoms with Crippen molar-refractivity contribution < 1.29 is 32.3 Å². The maximum atomic E-state index is 12.4. The molecule has 14 heteroatoms. The van der Waals surface area contributed by atoms with Crippen molar-refractivity contribution >= 4 is 22.5 Å². The van der Waals surface area contributed by atoms with Crippen molar-refractivity contribution in [1.29, 1.82) is 0 Å². The molecule has 0 aliphatic carbocycles. The van der Waals surface area contributed by atoms with E-state index in [2.05, 4.69) is 19.5 Å². The normalized spacial score (nSPS) is 17.5. The van der Waals surface area contributed by atoms with Gasteiger partial charge in [0.05, 0.1) is 5.52 Å². The molecule has 0 unspecified atom stereocenters. The topological polar surface area (TPSA) is 108 Å². The average molecular weight is 585 g/mol. The highest BCUT2D eigenvalue weighted by Crippen LogP contribution is 2.27. The van der Waals surface area contributed by atoms with E-state index >= 15 is 0 Å². The third-order valence-electron chi connectivity index (χ3n) is 7.22. The van der Waals surface area contributed by atoms with Crippen molar-refractivity contribution in [3.63, 3.8) is 0 Å². The smallest absolute Gasteiger partial charge is 0.490 e. The molecular weight excluding hydrogens is 557 g/mol. The lowest BCUT2D eigenvalue weighted by atomic mass is 10.2. The van der Waals surface area contributed by atoms with E-state index in [1.54, 1.807) is 16.7 Å². The lowest BCUT2D eigenvalue weighted by molar-refractivity contribution is -0.389. The number of ether oxygens (including phenoxy) is 3. The minimum absolute atomic E-state index is 0.223. The zero-order valence-electron chi connectivity index (χ0n) is 22.4. The molecule has 2 aliphatic rings. The molecule has 4 heterocycles. The van der Waals surface area contributed by atoms with E-state index in [9.17, 15) is 23.3 Å². The molecule has 2 aromatic heterocycles. The Bertz CT molecular complexity index is 1570. The van der Waals surface area contributed by atoms with Crippen molar-refractivity contribution in [2.75, 3.05) is 37.7 Å². The number of fused-ring (bicyclic) bond motifs is 2. The largest absolute Gasteiger partial charge is 0.573 e. The van der Waals surface area contributed by atoms with Crippen LogP contribution in [0.2, 0.25) is 0 Å². The van der Waals surface area contributed by atoms with E-state index in [1.165, 1.54) is 18.3 Å². The number of nitrogens with zero attached hydrogens (tertiary/aromatic N) is 6. The van der Waals surface area contributed by atoms with Crippen molar-refractivity contribution in [3.05, 3.63) is 76.5 Å². The van der Waals surface area contributed by atoms with Crippen LogP contribution < -0.4 is 19.1 Å². The van der Waals surface area contributed by atoms with Gasteiger partial charge in [0.15, 0.2) is 0 Å². The summed E-state index contributed by atoms with van der Waals surface area (Å²) >= 11 is 0. The molecule has 220 valence electrons. The Hall–Kier alpha value is -4.59. The number of pyridine rings is 1. The number of rotatable bonds is 8. The second-order valence-corrected chi connectivity index (χ2v) is 10.2. The summed E-state index contributed by atoms with van der Waals surface area (Å²) in [5, 5.41) is 11.9. The van der Waals surface area contributed by atoms with Crippen molar-refractivity contribution in [1.82, 2.24) is 19.4 Å². The van der Waals surface area contributed by atoms with Gasteiger partial charge in [-0.15, -0.1) is 13.2 Å². The Balaban J connectivity index is 1.00. The predicted octanol–water partition coefficient (Wildman–Crippen LogP) is 4.79. The maximum Gasteiger partial charge on any atom is 0.573 e. The fraction of sp³-hybridized carbons (Fsp3) is 0.357. The molecule has 0 saturated carbocycles. The highest BCUT2D eigenvalue weighted by molar-refractivity contribution is 5.81. The molecule has 0 spiro atoms. The van der Waals surface area contributed by atoms with Crippen molar-refractivity contribution in [2.24, 2.45) is 0 Å². The minimum Gasteiger partial charge on any atom is -0.490 e. The highest BCUT2D eigenvalue weighted by atomic mass is 19.4. The second-order valence-electron chi connectivity index (χ2n) is 10.2. The number of alkyl halides is 3. The van der Waals surface area contributed by atoms with Crippen LogP contribution in [-0.4, -0.2) is 69.6 Å². The summed E-state index contributed by atoms with van der Waals surface area (Å²) < 4.78 is 54.4. The van der Waals surface area contributed by atoms with Crippen LogP contribution in [0.15, 0.2) is 60.8 Å². The zero-order valence-corrected chi connectivity index (χ0v) is 22.4. The molecule has 42 heavy (non-hydrogen) atoms. The lowest BCUT2D eigenvalue weighted by Gasteiger charge is -2.35. The highest BCUT2D eigenvalue weighted by Gasteiger charge is 2.31. The van der Waals surface area contributed by atoms with Gasteiger partial charge in [-0.05, 0) is 53.0 Å². The molecule has 2 aromatic carbocycles. The first-order valence-corrected chi connectivity index (χ1v) is 13.4. The van der Waals surface area contributed by atoms with Crippen LogP contribution >= 0.6 is 0 Å². The molecule has 4 aromatic rings. The standard InChI is InChI=1S/C28H27F3N6O5/c29-28(30,31)42-21-4-1-19(2-5-21)16-34-11-13-35(14-12-34)25-8-3-20-15-22(6-7-24(20)32-25)40-18-23-9-10-36-17-26(37(38)39)33-27(36)41-23/h1-8,15,17,23H,9-14,16,18H2/t23-/m1/s1. The molecule has 1 fully saturated rings. The molecule has 6 rings (SSSR count). The minimum atomic E-state index is -4.70. The monoisotopic (exact) mass is 584 g/mol. The molecule has 1 saturated heterocycles. The summed E-state index contributed by atoms with van der Waals surface area (Å²) in [5.74, 6) is 1.10. The van der Waals surface area contributed by atoms with Gasteiger partial charge in [0.25, 0.3) is 0 Å². The molecule has 2 aliphatic heterocycles. The van der Waals surface area contributed by atoms with Crippen molar-refractivity contribution in [3.8, 4) is 17.5 Å². The van der Waals surface area contributed by atoms with Crippen LogP contribution in [0.25, 0.3) is 10.9 Å². The molecule has 0 amide bonds. The van der Waals surface area contributed by atoms with E-state index in [1.807, 2.05) is 30.3 Å². The van der Waals surface area contributed by atoms with Crippen LogP contribution in [-0.2, 0) is 13.1 Å². The number of benzene rings is 2. The summed E-state index contributed by atoms with van der Waals surface area (Å²) in [6.45, 7) is 4.64. The van der Waals surface area contributed by atoms with E-state index in [-0.39, 0.29) is 30.3 Å².